The summed E-state index contributed by atoms with van der Waals surface area (Å²) in [5, 5.41) is 0. The number of hydrogen-bond donors (Lipinski definition) is 1. The minimum absolute atomic E-state index is 0.0463. The van der Waals surface area contributed by atoms with Gasteiger partial charge in [-0.2, -0.15) is 15.0 Å². The molecule has 20 heavy (non-hydrogen) atoms. The molecule has 106 valence electrons. The maximum absolute atomic E-state index is 13.1. The summed E-state index contributed by atoms with van der Waals surface area (Å²) in [5.74, 6) is 0.414. The van der Waals surface area contributed by atoms with Crippen molar-refractivity contribution in [3.63, 3.8) is 0 Å². The Morgan fingerprint density at radius 2 is 1.95 bits per heavy atom. The molecule has 0 radical (unpaired) electrons. The molecule has 0 amide bonds. The van der Waals surface area contributed by atoms with Crippen LogP contribution in [0.5, 0.6) is 11.8 Å². The first-order valence-corrected chi connectivity index (χ1v) is 6.32. The molecule has 0 aliphatic rings. The fourth-order valence-corrected chi connectivity index (χ4v) is 1.69. The second kappa shape index (κ2) is 6.14. The summed E-state index contributed by atoms with van der Waals surface area (Å²) in [5.41, 5.74) is 5.65. The number of halogens is 1. The topological polar surface area (TPSA) is 77.2 Å². The van der Waals surface area contributed by atoms with E-state index < -0.39 is 5.82 Å². The largest absolute Gasteiger partial charge is 0.424 e. The number of nitrogens with two attached hydrogens (primary N) is 1. The third kappa shape index (κ3) is 3.31. The summed E-state index contributed by atoms with van der Waals surface area (Å²) in [4.78, 5) is 14.0. The van der Waals surface area contributed by atoms with Crippen molar-refractivity contribution in [2.75, 3.05) is 23.7 Å². The summed E-state index contributed by atoms with van der Waals surface area (Å²) in [6.07, 6.45) is 0. The van der Waals surface area contributed by atoms with Crippen molar-refractivity contribution in [3.8, 4) is 11.8 Å². The lowest BCUT2D eigenvalue weighted by Crippen LogP contribution is -2.25. The molecule has 2 aromatic rings. The van der Waals surface area contributed by atoms with E-state index in [9.17, 15) is 4.39 Å². The van der Waals surface area contributed by atoms with E-state index in [0.29, 0.717) is 11.7 Å². The lowest BCUT2D eigenvalue weighted by atomic mass is 10.3. The average Bonchev–Trinajstić information content (AvgIpc) is 2.39. The highest BCUT2D eigenvalue weighted by Crippen LogP contribution is 2.21. The van der Waals surface area contributed by atoms with Gasteiger partial charge in [-0.15, -0.1) is 0 Å². The van der Waals surface area contributed by atoms with Gasteiger partial charge >= 0.3 is 6.01 Å². The zero-order valence-electron chi connectivity index (χ0n) is 11.4. The first kappa shape index (κ1) is 14.0. The molecule has 0 aliphatic heterocycles. The van der Waals surface area contributed by atoms with Crippen molar-refractivity contribution in [3.05, 3.63) is 30.1 Å². The average molecular weight is 277 g/mol. The van der Waals surface area contributed by atoms with Crippen molar-refractivity contribution < 1.29 is 9.13 Å². The van der Waals surface area contributed by atoms with Crippen LogP contribution < -0.4 is 15.4 Å². The molecule has 1 aromatic heterocycles. The molecular formula is C13H16FN5O. The highest BCUT2D eigenvalue weighted by molar-refractivity contribution is 5.36. The normalized spacial score (nSPS) is 10.3. The molecule has 0 atom stereocenters. The van der Waals surface area contributed by atoms with Gasteiger partial charge in [0.1, 0.15) is 11.6 Å². The van der Waals surface area contributed by atoms with E-state index in [-0.39, 0.29) is 12.0 Å². The van der Waals surface area contributed by atoms with Gasteiger partial charge in [0, 0.05) is 19.2 Å². The molecule has 2 N–H and O–H groups in total. The Labute approximate surface area is 116 Å². The molecule has 0 bridgehead atoms. The molecule has 7 heteroatoms. The summed E-state index contributed by atoms with van der Waals surface area (Å²) in [6.45, 7) is 5.44. The van der Waals surface area contributed by atoms with E-state index in [1.165, 1.54) is 12.1 Å². The van der Waals surface area contributed by atoms with E-state index in [1.54, 1.807) is 12.1 Å². The summed E-state index contributed by atoms with van der Waals surface area (Å²) in [7, 11) is 0. The smallest absolute Gasteiger partial charge is 0.328 e. The zero-order chi connectivity index (χ0) is 14.5. The Kier molecular flexibility index (Phi) is 4.29. The van der Waals surface area contributed by atoms with Gasteiger partial charge in [-0.05, 0) is 26.0 Å². The number of nitrogen functional groups attached to an aromatic ring is 1. The third-order valence-electron chi connectivity index (χ3n) is 2.67. The van der Waals surface area contributed by atoms with E-state index in [0.717, 1.165) is 13.1 Å². The Balaban J connectivity index is 2.28. The highest BCUT2D eigenvalue weighted by Gasteiger charge is 2.11. The van der Waals surface area contributed by atoms with Crippen LogP contribution >= 0.6 is 0 Å². The third-order valence-corrected chi connectivity index (χ3v) is 2.67. The molecule has 1 heterocycles. The lowest BCUT2D eigenvalue weighted by Gasteiger charge is -2.18. The predicted molar refractivity (Wildman–Crippen MR) is 74.3 cm³/mol. The Morgan fingerprint density at radius 1 is 1.20 bits per heavy atom. The first-order valence-electron chi connectivity index (χ1n) is 6.32. The second-order valence-electron chi connectivity index (χ2n) is 4.01. The SMILES string of the molecule is CCN(CC)c1nc(N)nc(Oc2cccc(F)c2)n1. The van der Waals surface area contributed by atoms with Gasteiger partial charge in [-0.25, -0.2) is 4.39 Å². The number of ether oxygens (including phenoxy) is 1. The minimum atomic E-state index is -0.395. The van der Waals surface area contributed by atoms with Crippen molar-refractivity contribution in [1.29, 1.82) is 0 Å². The van der Waals surface area contributed by atoms with Gasteiger partial charge < -0.3 is 15.4 Å². The fourth-order valence-electron chi connectivity index (χ4n) is 1.69. The minimum Gasteiger partial charge on any atom is -0.424 e. The predicted octanol–water partition coefficient (Wildman–Crippen LogP) is 2.23. The molecule has 0 saturated heterocycles. The van der Waals surface area contributed by atoms with Crippen molar-refractivity contribution in [1.82, 2.24) is 15.0 Å². The van der Waals surface area contributed by atoms with Gasteiger partial charge in [0.15, 0.2) is 0 Å². The zero-order valence-corrected chi connectivity index (χ0v) is 11.4. The first-order chi connectivity index (χ1) is 9.62. The number of aromatic nitrogens is 3. The van der Waals surface area contributed by atoms with Gasteiger partial charge in [-0.3, -0.25) is 0 Å². The van der Waals surface area contributed by atoms with E-state index in [2.05, 4.69) is 15.0 Å². The highest BCUT2D eigenvalue weighted by atomic mass is 19.1. The van der Waals surface area contributed by atoms with Crippen molar-refractivity contribution >= 4 is 11.9 Å². The molecule has 0 fully saturated rings. The van der Waals surface area contributed by atoms with Gasteiger partial charge in [-0.1, -0.05) is 6.07 Å². The van der Waals surface area contributed by atoms with Gasteiger partial charge in [0.2, 0.25) is 11.9 Å². The standard InChI is InChI=1S/C13H16FN5O/c1-3-19(4-2)12-16-11(15)17-13(18-12)20-10-7-5-6-9(14)8-10/h5-8H,3-4H2,1-2H3,(H2,15,16,17,18). The molecule has 1 aromatic carbocycles. The molecule has 0 unspecified atom stereocenters. The monoisotopic (exact) mass is 277 g/mol. The lowest BCUT2D eigenvalue weighted by molar-refractivity contribution is 0.436. The molecule has 6 nitrogen and oxygen atoms in total. The van der Waals surface area contributed by atoms with E-state index in [4.69, 9.17) is 10.5 Å². The van der Waals surface area contributed by atoms with Crippen LogP contribution in [0.25, 0.3) is 0 Å². The number of benzene rings is 1. The van der Waals surface area contributed by atoms with Crippen LogP contribution in [0.15, 0.2) is 24.3 Å². The summed E-state index contributed by atoms with van der Waals surface area (Å²) >= 11 is 0. The Hall–Kier alpha value is -2.44. The molecular weight excluding hydrogens is 261 g/mol. The Bertz CT molecular complexity index is 589. The van der Waals surface area contributed by atoms with E-state index >= 15 is 0 Å². The van der Waals surface area contributed by atoms with Crippen LogP contribution in [0, 0.1) is 5.82 Å². The van der Waals surface area contributed by atoms with Gasteiger partial charge in [0.25, 0.3) is 0 Å². The van der Waals surface area contributed by atoms with Crippen molar-refractivity contribution in [2.24, 2.45) is 0 Å². The fraction of sp³-hybridized carbons (Fsp3) is 0.308. The number of anilines is 2. The Morgan fingerprint density at radius 3 is 2.60 bits per heavy atom. The molecule has 0 aliphatic carbocycles. The maximum Gasteiger partial charge on any atom is 0.328 e. The van der Waals surface area contributed by atoms with Crippen LogP contribution in [-0.2, 0) is 0 Å². The second-order valence-corrected chi connectivity index (χ2v) is 4.01. The quantitative estimate of drug-likeness (QED) is 0.903. The summed E-state index contributed by atoms with van der Waals surface area (Å²) < 4.78 is 18.5. The van der Waals surface area contributed by atoms with Gasteiger partial charge in [0.05, 0.1) is 0 Å². The molecule has 0 saturated carbocycles. The molecule has 2 rings (SSSR count). The van der Waals surface area contributed by atoms with E-state index in [1.807, 2.05) is 18.7 Å². The van der Waals surface area contributed by atoms with Crippen LogP contribution in [0.2, 0.25) is 0 Å². The van der Waals surface area contributed by atoms with Crippen molar-refractivity contribution in [2.45, 2.75) is 13.8 Å². The number of rotatable bonds is 5. The molecule has 0 spiro atoms. The van der Waals surface area contributed by atoms with Crippen LogP contribution in [0.1, 0.15) is 13.8 Å². The summed E-state index contributed by atoms with van der Waals surface area (Å²) in [6, 6.07) is 5.78. The van der Waals surface area contributed by atoms with Crippen LogP contribution in [0.4, 0.5) is 16.3 Å². The maximum atomic E-state index is 13.1. The number of hydrogen-bond acceptors (Lipinski definition) is 6. The number of nitrogens with zero attached hydrogens (tertiary/aromatic N) is 4. The van der Waals surface area contributed by atoms with Crippen LogP contribution in [0.3, 0.4) is 0 Å². The van der Waals surface area contributed by atoms with Crippen LogP contribution in [-0.4, -0.2) is 28.0 Å².